The van der Waals surface area contributed by atoms with Crippen molar-refractivity contribution in [1.82, 2.24) is 14.3 Å². The molecule has 7 nitrogen and oxygen atoms in total. The molecule has 1 saturated heterocycles. The van der Waals surface area contributed by atoms with Crippen LogP contribution in [0.1, 0.15) is 17.5 Å². The van der Waals surface area contributed by atoms with Crippen molar-refractivity contribution in [3.8, 4) is 0 Å². The highest BCUT2D eigenvalue weighted by molar-refractivity contribution is 7.93. The number of sulfonamides is 1. The summed E-state index contributed by atoms with van der Waals surface area (Å²) in [5, 5.41) is 0.622. The van der Waals surface area contributed by atoms with E-state index in [1.54, 1.807) is 12.1 Å². The molecule has 0 bridgehead atoms. The first-order valence-corrected chi connectivity index (χ1v) is 12.5. The number of benzene rings is 2. The number of likely N-dealkylation sites (tertiary alicyclic amines) is 1. The van der Waals surface area contributed by atoms with Crippen LogP contribution in [0.3, 0.4) is 0 Å². The molecular formula is C21H24ClN5O2S2. The number of aromatic nitrogens is 2. The molecule has 0 radical (unpaired) electrons. The highest BCUT2D eigenvalue weighted by atomic mass is 35.5. The Bertz CT molecular complexity index is 1150. The molecule has 164 valence electrons. The number of aryl methyl sites for hydroxylation is 1. The molecule has 1 N–H and O–H groups in total. The quantitative estimate of drug-likeness (QED) is 0.554. The van der Waals surface area contributed by atoms with Crippen LogP contribution in [0.5, 0.6) is 0 Å². The minimum absolute atomic E-state index is 0.0948. The summed E-state index contributed by atoms with van der Waals surface area (Å²) in [6, 6.07) is 13.7. The molecule has 1 aliphatic heterocycles. The Hall–Kier alpha value is -2.20. The molecule has 1 fully saturated rings. The molecule has 31 heavy (non-hydrogen) atoms. The maximum Gasteiger partial charge on any atom is 0.263 e. The van der Waals surface area contributed by atoms with E-state index in [-0.39, 0.29) is 10.0 Å². The molecule has 1 aromatic heterocycles. The van der Waals surface area contributed by atoms with E-state index in [1.807, 2.05) is 7.05 Å². The van der Waals surface area contributed by atoms with E-state index in [2.05, 4.69) is 55.1 Å². The van der Waals surface area contributed by atoms with Crippen LogP contribution in [0, 0.1) is 6.92 Å². The highest BCUT2D eigenvalue weighted by Gasteiger charge is 2.27. The highest BCUT2D eigenvalue weighted by Crippen LogP contribution is 2.32. The van der Waals surface area contributed by atoms with Crippen molar-refractivity contribution in [3.63, 3.8) is 0 Å². The summed E-state index contributed by atoms with van der Waals surface area (Å²) in [5.41, 5.74) is 3.41. The molecule has 0 aliphatic carbocycles. The number of rotatable bonds is 7. The van der Waals surface area contributed by atoms with Gasteiger partial charge in [-0.2, -0.15) is 4.37 Å². The van der Waals surface area contributed by atoms with Crippen molar-refractivity contribution in [2.24, 2.45) is 0 Å². The summed E-state index contributed by atoms with van der Waals surface area (Å²) in [7, 11) is -1.76. The van der Waals surface area contributed by atoms with Crippen molar-refractivity contribution >= 4 is 44.0 Å². The Morgan fingerprint density at radius 1 is 1.29 bits per heavy atom. The SMILES string of the molecule is Cc1cccc(CN2CCC(N(C)c3ccc(S(=O)(=O)Nc4ncns4)cc3Cl)C2)c1. The summed E-state index contributed by atoms with van der Waals surface area (Å²) in [6.45, 7) is 4.98. The van der Waals surface area contributed by atoms with Crippen LogP contribution in [0.4, 0.5) is 10.8 Å². The Balaban J connectivity index is 1.43. The lowest BCUT2D eigenvalue weighted by molar-refractivity contribution is 0.326. The Morgan fingerprint density at radius 3 is 2.84 bits per heavy atom. The molecule has 10 heteroatoms. The number of halogens is 1. The molecule has 0 saturated carbocycles. The topological polar surface area (TPSA) is 78.4 Å². The van der Waals surface area contributed by atoms with E-state index in [0.29, 0.717) is 11.1 Å². The van der Waals surface area contributed by atoms with Crippen molar-refractivity contribution < 1.29 is 8.42 Å². The first-order valence-electron chi connectivity index (χ1n) is 9.91. The molecular weight excluding hydrogens is 454 g/mol. The lowest BCUT2D eigenvalue weighted by Crippen LogP contribution is -2.34. The predicted octanol–water partition coefficient (Wildman–Crippen LogP) is 4.01. The summed E-state index contributed by atoms with van der Waals surface area (Å²) in [4.78, 5) is 8.54. The molecule has 0 amide bonds. The molecule has 3 aromatic rings. The standard InChI is InChI=1S/C21H24ClN5O2S2/c1-15-4-3-5-16(10-15)12-27-9-8-17(13-27)26(2)20-7-6-18(11-19(20)22)31(28,29)25-21-23-14-24-30-21/h3-7,10-11,14,17H,8-9,12-13H2,1-2H3,(H,23,24,25). The predicted molar refractivity (Wildman–Crippen MR) is 125 cm³/mol. The minimum atomic E-state index is -3.77. The number of nitrogens with one attached hydrogen (secondary N) is 1. The summed E-state index contributed by atoms with van der Waals surface area (Å²) < 4.78 is 31.4. The molecule has 1 unspecified atom stereocenters. The second-order valence-corrected chi connectivity index (χ2v) is 10.6. The van der Waals surface area contributed by atoms with E-state index in [4.69, 9.17) is 11.6 Å². The molecule has 2 heterocycles. The third-order valence-corrected chi connectivity index (χ3v) is 7.82. The van der Waals surface area contributed by atoms with Crippen molar-refractivity contribution in [2.45, 2.75) is 30.8 Å². The van der Waals surface area contributed by atoms with Crippen LogP contribution in [0.2, 0.25) is 5.02 Å². The summed E-state index contributed by atoms with van der Waals surface area (Å²) in [6.07, 6.45) is 2.33. The van der Waals surface area contributed by atoms with E-state index in [0.717, 1.165) is 43.3 Å². The Morgan fingerprint density at radius 2 is 2.13 bits per heavy atom. The van der Waals surface area contributed by atoms with Crippen LogP contribution in [-0.4, -0.2) is 48.9 Å². The second-order valence-electron chi connectivity index (χ2n) is 7.74. The fourth-order valence-corrected chi connectivity index (χ4v) is 5.94. The fourth-order valence-electron chi connectivity index (χ4n) is 3.87. The van der Waals surface area contributed by atoms with E-state index in [1.165, 1.54) is 23.5 Å². The first-order chi connectivity index (χ1) is 14.8. The minimum Gasteiger partial charge on any atom is -0.369 e. The Labute approximate surface area is 191 Å². The monoisotopic (exact) mass is 477 g/mol. The lowest BCUT2D eigenvalue weighted by atomic mass is 10.1. The van der Waals surface area contributed by atoms with Gasteiger partial charge in [0.1, 0.15) is 6.33 Å². The van der Waals surface area contributed by atoms with Crippen molar-refractivity contribution in [3.05, 3.63) is 64.9 Å². The zero-order valence-electron chi connectivity index (χ0n) is 17.3. The van der Waals surface area contributed by atoms with Gasteiger partial charge in [0, 0.05) is 44.3 Å². The van der Waals surface area contributed by atoms with Gasteiger partial charge in [-0.1, -0.05) is 41.4 Å². The zero-order chi connectivity index (χ0) is 22.0. The van der Waals surface area contributed by atoms with Crippen LogP contribution < -0.4 is 9.62 Å². The third kappa shape index (κ3) is 5.17. The number of hydrogen-bond acceptors (Lipinski definition) is 7. The van der Waals surface area contributed by atoms with Gasteiger partial charge in [-0.25, -0.2) is 13.4 Å². The fraction of sp³-hybridized carbons (Fsp3) is 0.333. The van der Waals surface area contributed by atoms with Gasteiger partial charge in [-0.15, -0.1) is 0 Å². The van der Waals surface area contributed by atoms with Gasteiger partial charge < -0.3 is 4.90 Å². The largest absolute Gasteiger partial charge is 0.369 e. The molecule has 0 spiro atoms. The van der Waals surface area contributed by atoms with Crippen LogP contribution >= 0.6 is 23.1 Å². The van der Waals surface area contributed by atoms with Gasteiger partial charge in [-0.05, 0) is 37.1 Å². The average molecular weight is 478 g/mol. The average Bonchev–Trinajstić information content (AvgIpc) is 3.39. The zero-order valence-corrected chi connectivity index (χ0v) is 19.7. The number of likely N-dealkylation sites (N-methyl/N-ethyl adjacent to an activating group) is 1. The first kappa shape index (κ1) is 22.0. The Kier molecular flexibility index (Phi) is 6.47. The molecule has 1 aliphatic rings. The lowest BCUT2D eigenvalue weighted by Gasteiger charge is -2.28. The van der Waals surface area contributed by atoms with E-state index < -0.39 is 10.0 Å². The normalized spacial score (nSPS) is 17.1. The van der Waals surface area contributed by atoms with Crippen LogP contribution in [0.25, 0.3) is 0 Å². The van der Waals surface area contributed by atoms with Crippen molar-refractivity contribution in [1.29, 1.82) is 0 Å². The van der Waals surface area contributed by atoms with Gasteiger partial charge in [0.05, 0.1) is 15.6 Å². The van der Waals surface area contributed by atoms with Gasteiger partial charge in [-0.3, -0.25) is 9.62 Å². The van der Waals surface area contributed by atoms with Gasteiger partial charge in [0.2, 0.25) is 5.13 Å². The van der Waals surface area contributed by atoms with E-state index >= 15 is 0 Å². The summed E-state index contributed by atoms with van der Waals surface area (Å²) >= 11 is 7.48. The summed E-state index contributed by atoms with van der Waals surface area (Å²) in [5.74, 6) is 0. The van der Waals surface area contributed by atoms with E-state index in [9.17, 15) is 8.42 Å². The molecule has 1 atom stereocenters. The third-order valence-electron chi connectivity index (χ3n) is 5.48. The number of nitrogens with zero attached hydrogens (tertiary/aromatic N) is 4. The smallest absolute Gasteiger partial charge is 0.263 e. The van der Waals surface area contributed by atoms with Gasteiger partial charge in [0.25, 0.3) is 10.0 Å². The second kappa shape index (κ2) is 9.12. The van der Waals surface area contributed by atoms with Crippen molar-refractivity contribution in [2.75, 3.05) is 29.8 Å². The van der Waals surface area contributed by atoms with Crippen LogP contribution in [0.15, 0.2) is 53.7 Å². The number of anilines is 2. The maximum absolute atomic E-state index is 12.6. The van der Waals surface area contributed by atoms with Crippen LogP contribution in [-0.2, 0) is 16.6 Å². The number of hydrogen-bond donors (Lipinski definition) is 1. The van der Waals surface area contributed by atoms with Gasteiger partial charge in [0.15, 0.2) is 0 Å². The molecule has 4 rings (SSSR count). The van der Waals surface area contributed by atoms with Gasteiger partial charge >= 0.3 is 0 Å². The maximum atomic E-state index is 12.6. The molecule has 2 aromatic carbocycles.